The highest BCUT2D eigenvalue weighted by Crippen LogP contribution is 2.36. The molecule has 0 aliphatic heterocycles. The molecule has 1 unspecified atom stereocenters. The molecule has 0 bridgehead atoms. The summed E-state index contributed by atoms with van der Waals surface area (Å²) in [5.41, 5.74) is 2.94. The summed E-state index contributed by atoms with van der Waals surface area (Å²) in [4.78, 5) is 0. The van der Waals surface area contributed by atoms with Gasteiger partial charge in [0.2, 0.25) is 0 Å². The second-order valence-electron chi connectivity index (χ2n) is 3.72. The lowest BCUT2D eigenvalue weighted by atomic mass is 10.1. The first-order chi connectivity index (χ1) is 6.22. The zero-order chi connectivity index (χ0) is 9.42. The Kier molecular flexibility index (Phi) is 2.49. The molecule has 0 saturated carbocycles. The Bertz CT molecular complexity index is 333. The van der Waals surface area contributed by atoms with Crippen molar-refractivity contribution in [1.82, 2.24) is 0 Å². The number of rotatable bonds is 1. The van der Waals surface area contributed by atoms with Crippen LogP contribution < -0.4 is 4.74 Å². The molecule has 70 valence electrons. The molecule has 1 nitrogen and oxygen atoms in total. The fourth-order valence-corrected chi connectivity index (χ4v) is 2.77. The molecule has 1 aromatic rings. The van der Waals surface area contributed by atoms with E-state index in [1.54, 1.807) is 7.11 Å². The summed E-state index contributed by atoms with van der Waals surface area (Å²) in [7, 11) is 1.76. The van der Waals surface area contributed by atoms with Gasteiger partial charge in [-0.2, -0.15) is 0 Å². The van der Waals surface area contributed by atoms with E-state index in [1.165, 1.54) is 27.5 Å². The third-order valence-corrected chi connectivity index (χ3v) is 3.67. The van der Waals surface area contributed by atoms with Gasteiger partial charge in [-0.25, -0.2) is 0 Å². The zero-order valence-electron chi connectivity index (χ0n) is 7.93. The maximum Gasteiger partial charge on any atom is 0.122 e. The summed E-state index contributed by atoms with van der Waals surface area (Å²) in [6, 6.07) is 4.23. The van der Waals surface area contributed by atoms with E-state index in [-0.39, 0.29) is 0 Å². The molecule has 0 heterocycles. The molecule has 1 atom stereocenters. The van der Waals surface area contributed by atoms with Crippen LogP contribution in [0, 0.1) is 9.49 Å². The van der Waals surface area contributed by atoms with Gasteiger partial charge in [-0.3, -0.25) is 0 Å². The third-order valence-electron chi connectivity index (χ3n) is 2.66. The maximum atomic E-state index is 5.36. The van der Waals surface area contributed by atoms with Crippen molar-refractivity contribution in [2.75, 3.05) is 7.11 Å². The Morgan fingerprint density at radius 3 is 2.69 bits per heavy atom. The first-order valence-corrected chi connectivity index (χ1v) is 5.64. The Labute approximate surface area is 92.6 Å². The monoisotopic (exact) mass is 288 g/mol. The van der Waals surface area contributed by atoms with Gasteiger partial charge < -0.3 is 4.74 Å². The molecular formula is C11H13IO. The molecule has 0 saturated heterocycles. The quantitative estimate of drug-likeness (QED) is 0.722. The Hall–Kier alpha value is -0.250. The number of benzene rings is 1. The number of hydrogen-bond acceptors (Lipinski definition) is 1. The van der Waals surface area contributed by atoms with Crippen LogP contribution in [0.3, 0.4) is 0 Å². The van der Waals surface area contributed by atoms with E-state index in [9.17, 15) is 0 Å². The average Bonchev–Trinajstić information content (AvgIpc) is 2.48. The van der Waals surface area contributed by atoms with Crippen molar-refractivity contribution in [1.29, 1.82) is 0 Å². The Morgan fingerprint density at radius 1 is 1.31 bits per heavy atom. The summed E-state index contributed by atoms with van der Waals surface area (Å²) in [5, 5.41) is 0. The van der Waals surface area contributed by atoms with Crippen LogP contribution in [0.25, 0.3) is 0 Å². The van der Waals surface area contributed by atoms with E-state index in [4.69, 9.17) is 4.74 Å². The van der Waals surface area contributed by atoms with Crippen LogP contribution in [-0.2, 0) is 12.8 Å². The summed E-state index contributed by atoms with van der Waals surface area (Å²) in [6.45, 7) is 2.30. The van der Waals surface area contributed by atoms with Crippen molar-refractivity contribution in [3.05, 3.63) is 26.8 Å². The molecular weight excluding hydrogens is 275 g/mol. The van der Waals surface area contributed by atoms with Gasteiger partial charge in [0.25, 0.3) is 0 Å². The van der Waals surface area contributed by atoms with Gasteiger partial charge in [-0.15, -0.1) is 0 Å². The minimum Gasteiger partial charge on any atom is -0.496 e. The Balaban J connectivity index is 2.52. The number of hydrogen-bond donors (Lipinski definition) is 0. The molecule has 0 radical (unpaired) electrons. The minimum absolute atomic E-state index is 0.778. The summed E-state index contributed by atoms with van der Waals surface area (Å²) < 4.78 is 6.74. The van der Waals surface area contributed by atoms with E-state index in [1.807, 2.05) is 0 Å². The summed E-state index contributed by atoms with van der Waals surface area (Å²) in [6.07, 6.45) is 2.39. The van der Waals surface area contributed by atoms with Crippen LogP contribution in [-0.4, -0.2) is 7.11 Å². The Morgan fingerprint density at radius 2 is 2.00 bits per heavy atom. The van der Waals surface area contributed by atoms with Crippen LogP contribution >= 0.6 is 22.6 Å². The number of fused-ring (bicyclic) bond motifs is 1. The van der Waals surface area contributed by atoms with Gasteiger partial charge in [-0.05, 0) is 64.6 Å². The highest BCUT2D eigenvalue weighted by atomic mass is 127. The van der Waals surface area contributed by atoms with E-state index in [0.717, 1.165) is 11.7 Å². The van der Waals surface area contributed by atoms with Crippen molar-refractivity contribution in [3.63, 3.8) is 0 Å². The number of methoxy groups -OCH3 is 1. The maximum absolute atomic E-state index is 5.36. The molecule has 2 heteroatoms. The minimum atomic E-state index is 0.778. The predicted molar refractivity (Wildman–Crippen MR) is 62.3 cm³/mol. The van der Waals surface area contributed by atoms with Gasteiger partial charge >= 0.3 is 0 Å². The SMILES string of the molecule is COc1ccc(I)c2c1CC(C)C2. The topological polar surface area (TPSA) is 9.23 Å². The summed E-state index contributed by atoms with van der Waals surface area (Å²) >= 11 is 2.41. The third kappa shape index (κ3) is 1.56. The first-order valence-electron chi connectivity index (χ1n) is 4.56. The van der Waals surface area contributed by atoms with Crippen molar-refractivity contribution >= 4 is 22.6 Å². The largest absolute Gasteiger partial charge is 0.496 e. The van der Waals surface area contributed by atoms with Crippen LogP contribution in [0.4, 0.5) is 0 Å². The van der Waals surface area contributed by atoms with E-state index >= 15 is 0 Å². The van der Waals surface area contributed by atoms with Crippen molar-refractivity contribution < 1.29 is 4.74 Å². The van der Waals surface area contributed by atoms with Gasteiger partial charge in [0, 0.05) is 3.57 Å². The normalized spacial score (nSPS) is 20.1. The first kappa shape index (κ1) is 9.31. The lowest BCUT2D eigenvalue weighted by molar-refractivity contribution is 0.409. The van der Waals surface area contributed by atoms with E-state index < -0.39 is 0 Å². The highest BCUT2D eigenvalue weighted by Gasteiger charge is 2.23. The second-order valence-corrected chi connectivity index (χ2v) is 4.88. The molecule has 1 aliphatic rings. The lowest BCUT2D eigenvalue weighted by Crippen LogP contribution is -1.92. The molecule has 2 rings (SSSR count). The van der Waals surface area contributed by atoms with Gasteiger partial charge in [0.1, 0.15) is 5.75 Å². The molecule has 0 N–H and O–H groups in total. The predicted octanol–water partition coefficient (Wildman–Crippen LogP) is 3.03. The van der Waals surface area contributed by atoms with Crippen molar-refractivity contribution in [2.45, 2.75) is 19.8 Å². The standard InChI is InChI=1S/C11H13IO/c1-7-5-8-9(6-7)11(13-2)4-3-10(8)12/h3-4,7H,5-6H2,1-2H3. The van der Waals surface area contributed by atoms with Gasteiger partial charge in [0.05, 0.1) is 7.11 Å². The van der Waals surface area contributed by atoms with Gasteiger partial charge in [0.15, 0.2) is 0 Å². The lowest BCUT2D eigenvalue weighted by Gasteiger charge is -2.07. The zero-order valence-corrected chi connectivity index (χ0v) is 10.1. The molecule has 0 spiro atoms. The van der Waals surface area contributed by atoms with Crippen molar-refractivity contribution in [3.8, 4) is 5.75 Å². The van der Waals surface area contributed by atoms with Crippen LogP contribution in [0.2, 0.25) is 0 Å². The molecule has 0 fully saturated rings. The summed E-state index contributed by atoms with van der Waals surface area (Å²) in [5.74, 6) is 1.85. The second kappa shape index (κ2) is 3.48. The van der Waals surface area contributed by atoms with Crippen LogP contribution in [0.1, 0.15) is 18.1 Å². The van der Waals surface area contributed by atoms with Crippen LogP contribution in [0.5, 0.6) is 5.75 Å². The molecule has 1 aromatic carbocycles. The molecule has 0 aromatic heterocycles. The van der Waals surface area contributed by atoms with Crippen LogP contribution in [0.15, 0.2) is 12.1 Å². The molecule has 0 amide bonds. The molecule has 13 heavy (non-hydrogen) atoms. The number of halogens is 1. The van der Waals surface area contributed by atoms with Gasteiger partial charge in [-0.1, -0.05) is 6.92 Å². The highest BCUT2D eigenvalue weighted by molar-refractivity contribution is 14.1. The average molecular weight is 288 g/mol. The number of ether oxygens (including phenoxy) is 1. The fourth-order valence-electron chi connectivity index (χ4n) is 2.05. The molecule has 1 aliphatic carbocycles. The fraction of sp³-hybridized carbons (Fsp3) is 0.455. The van der Waals surface area contributed by atoms with Crippen molar-refractivity contribution in [2.24, 2.45) is 5.92 Å². The van der Waals surface area contributed by atoms with E-state index in [0.29, 0.717) is 0 Å². The van der Waals surface area contributed by atoms with E-state index in [2.05, 4.69) is 41.6 Å². The smallest absolute Gasteiger partial charge is 0.122 e.